The van der Waals surface area contributed by atoms with Crippen molar-refractivity contribution in [2.24, 2.45) is 15.7 Å². The normalized spacial score (nSPS) is 12.3. The third kappa shape index (κ3) is 6.51. The fraction of sp³-hybridized carbons (Fsp3) is 0.0196. The SMILES string of the molecule is [B]c1c([B])c([B])c(-c2ccc(-n3c4ccccc4c4ccc5c6ccccc6n(CN=C(N=C(N)c6ccccc6)c6cccc(-c7ccccc7)c6)c5c43)cc2)c([B])c1[B]. The first kappa shape index (κ1) is 38.1. The zero-order valence-electron chi connectivity index (χ0n) is 33.1. The average Bonchev–Trinajstić information content (AvgIpc) is 3.82. The van der Waals surface area contributed by atoms with E-state index in [4.69, 9.17) is 54.9 Å². The van der Waals surface area contributed by atoms with Crippen LogP contribution in [-0.2, 0) is 6.67 Å². The van der Waals surface area contributed by atoms with Crippen molar-refractivity contribution >= 4 is 122 Å². The minimum atomic E-state index is 0.184. The van der Waals surface area contributed by atoms with Gasteiger partial charge in [0.2, 0.25) is 0 Å². The molecule has 0 spiro atoms. The largest absolute Gasteiger partial charge is 0.383 e. The molecule has 0 unspecified atom stereocenters. The standard InChI is InChI=1S/C51H32B5N5/c52-43-42(44(53)46(55)47(56)45(43)54)31-22-24-35(25-23-31)61-41-21-10-8-19-37(41)39-27-26-38-36-18-7-9-20-40(36)60(48(38)49(39)61)29-58-51(59-50(57)32-14-5-2-6-15-32)34-17-11-16-33(28-34)30-12-3-1-4-13-30/h1-28H,29H2,(H2,57,58,59). The van der Waals surface area contributed by atoms with Crippen LogP contribution in [-0.4, -0.2) is 60.0 Å². The van der Waals surface area contributed by atoms with E-state index in [2.05, 4.69) is 106 Å². The van der Waals surface area contributed by atoms with Crippen molar-refractivity contribution in [3.8, 4) is 27.9 Å². The lowest BCUT2D eigenvalue weighted by Crippen LogP contribution is -2.55. The predicted octanol–water partition coefficient (Wildman–Crippen LogP) is 6.00. The number of benzene rings is 8. The zero-order chi connectivity index (χ0) is 41.8. The molecule has 0 atom stereocenters. The molecule has 0 aliphatic carbocycles. The molecule has 10 radical (unpaired) electrons. The van der Waals surface area contributed by atoms with E-state index in [1.54, 1.807) is 0 Å². The molecule has 10 aromatic rings. The van der Waals surface area contributed by atoms with E-state index in [1.807, 2.05) is 72.8 Å². The summed E-state index contributed by atoms with van der Waals surface area (Å²) in [5, 5.41) is 4.45. The molecule has 0 aliphatic heterocycles. The van der Waals surface area contributed by atoms with E-state index in [0.717, 1.165) is 77.1 Å². The Balaban J connectivity index is 1.19. The van der Waals surface area contributed by atoms with Crippen LogP contribution in [0.1, 0.15) is 11.1 Å². The monoisotopic (exact) mass is 769 g/mol. The van der Waals surface area contributed by atoms with Crippen LogP contribution in [0.5, 0.6) is 0 Å². The number of nitrogens with two attached hydrogens (primary N) is 1. The molecule has 5 nitrogen and oxygen atoms in total. The molecule has 0 saturated carbocycles. The van der Waals surface area contributed by atoms with Crippen LogP contribution < -0.4 is 33.0 Å². The Bertz CT molecular complexity index is 3360. The molecular weight excluding hydrogens is 737 g/mol. The molecule has 10 rings (SSSR count). The Kier molecular flexibility index (Phi) is 9.64. The number of para-hydroxylation sites is 2. The second-order valence-electron chi connectivity index (χ2n) is 15.1. The van der Waals surface area contributed by atoms with Gasteiger partial charge < -0.3 is 14.9 Å². The van der Waals surface area contributed by atoms with E-state index in [-0.39, 0.29) is 23.1 Å². The van der Waals surface area contributed by atoms with Crippen LogP contribution in [0.2, 0.25) is 0 Å². The van der Waals surface area contributed by atoms with Gasteiger partial charge >= 0.3 is 0 Å². The summed E-state index contributed by atoms with van der Waals surface area (Å²) in [7, 11) is 31.6. The van der Waals surface area contributed by atoms with E-state index >= 15 is 0 Å². The topological polar surface area (TPSA) is 60.6 Å². The first-order chi connectivity index (χ1) is 29.8. The average molecular weight is 769 g/mol. The van der Waals surface area contributed by atoms with Gasteiger partial charge in [0, 0.05) is 38.4 Å². The number of hydrogen-bond donors (Lipinski definition) is 1. The van der Waals surface area contributed by atoms with Crippen LogP contribution in [0.25, 0.3) is 71.6 Å². The lowest BCUT2D eigenvalue weighted by Gasteiger charge is -2.21. The Morgan fingerprint density at radius 3 is 1.69 bits per heavy atom. The zero-order valence-corrected chi connectivity index (χ0v) is 33.1. The van der Waals surface area contributed by atoms with Crippen LogP contribution in [0.15, 0.2) is 180 Å². The Hall–Kier alpha value is -7.18. The summed E-state index contributed by atoms with van der Waals surface area (Å²) >= 11 is 0. The molecule has 276 valence electrons. The van der Waals surface area contributed by atoms with Gasteiger partial charge in [-0.1, -0.05) is 150 Å². The number of aromatic nitrogens is 2. The smallest absolute Gasteiger partial charge is 0.158 e. The number of nitrogens with zero attached hydrogens (tertiary/aromatic N) is 4. The molecule has 0 aliphatic rings. The highest BCUT2D eigenvalue weighted by Gasteiger charge is 2.21. The highest BCUT2D eigenvalue weighted by molar-refractivity contribution is 6.68. The number of hydrogen-bond acceptors (Lipinski definition) is 1. The maximum Gasteiger partial charge on any atom is 0.158 e. The third-order valence-corrected chi connectivity index (χ3v) is 11.6. The summed E-state index contributed by atoms with van der Waals surface area (Å²) in [5.74, 6) is 0.904. The van der Waals surface area contributed by atoms with E-state index in [9.17, 15) is 0 Å². The van der Waals surface area contributed by atoms with Gasteiger partial charge in [-0.25, -0.2) is 9.98 Å². The van der Waals surface area contributed by atoms with Crippen LogP contribution in [0.3, 0.4) is 0 Å². The summed E-state index contributed by atoms with van der Waals surface area (Å²) in [4.78, 5) is 10.4. The first-order valence-electron chi connectivity index (χ1n) is 19.9. The predicted molar refractivity (Wildman–Crippen MR) is 262 cm³/mol. The third-order valence-electron chi connectivity index (χ3n) is 11.6. The van der Waals surface area contributed by atoms with Gasteiger partial charge in [0.05, 0.1) is 22.1 Å². The lowest BCUT2D eigenvalue weighted by atomic mass is 9.60. The Morgan fingerprint density at radius 1 is 0.459 bits per heavy atom. The van der Waals surface area contributed by atoms with Gasteiger partial charge in [-0.3, -0.25) is 0 Å². The van der Waals surface area contributed by atoms with Gasteiger partial charge in [0.1, 0.15) is 51.7 Å². The van der Waals surface area contributed by atoms with Gasteiger partial charge in [0.25, 0.3) is 0 Å². The van der Waals surface area contributed by atoms with E-state index in [1.165, 1.54) is 0 Å². The number of aliphatic imine (C=N–C) groups is 2. The molecule has 0 saturated heterocycles. The summed E-state index contributed by atoms with van der Waals surface area (Å²) in [6.07, 6.45) is 0. The summed E-state index contributed by atoms with van der Waals surface area (Å²) in [6, 6.07) is 57.8. The van der Waals surface area contributed by atoms with Crippen molar-refractivity contribution < 1.29 is 0 Å². The molecule has 2 aromatic heterocycles. The Morgan fingerprint density at radius 2 is 1.00 bits per heavy atom. The minimum absolute atomic E-state index is 0.184. The van der Waals surface area contributed by atoms with Gasteiger partial charge in [-0.05, 0) is 52.6 Å². The summed E-state index contributed by atoms with van der Waals surface area (Å²) in [6.45, 7) is 0.262. The number of amidine groups is 2. The second kappa shape index (κ2) is 15.5. The van der Waals surface area contributed by atoms with Gasteiger partial charge in [-0.2, -0.15) is 0 Å². The molecule has 10 heteroatoms. The first-order valence-corrected chi connectivity index (χ1v) is 19.9. The molecule has 61 heavy (non-hydrogen) atoms. The van der Waals surface area contributed by atoms with Crippen molar-refractivity contribution in [3.63, 3.8) is 0 Å². The van der Waals surface area contributed by atoms with Crippen molar-refractivity contribution in [1.29, 1.82) is 0 Å². The molecule has 8 aromatic carbocycles. The van der Waals surface area contributed by atoms with Crippen LogP contribution in [0, 0.1) is 0 Å². The molecular formula is C51H32B5N5. The Labute approximate surface area is 360 Å². The maximum atomic E-state index is 6.73. The summed E-state index contributed by atoms with van der Waals surface area (Å²) in [5.41, 5.74) is 18.2. The van der Waals surface area contributed by atoms with Crippen molar-refractivity contribution in [1.82, 2.24) is 9.13 Å². The van der Waals surface area contributed by atoms with Crippen molar-refractivity contribution in [2.75, 3.05) is 0 Å². The van der Waals surface area contributed by atoms with Crippen LogP contribution >= 0.6 is 0 Å². The summed E-state index contributed by atoms with van der Waals surface area (Å²) < 4.78 is 4.59. The van der Waals surface area contributed by atoms with E-state index < -0.39 is 0 Å². The molecule has 2 N–H and O–H groups in total. The van der Waals surface area contributed by atoms with Crippen LogP contribution in [0.4, 0.5) is 0 Å². The van der Waals surface area contributed by atoms with Gasteiger partial charge in [-0.15, -0.1) is 16.4 Å². The second-order valence-corrected chi connectivity index (χ2v) is 15.1. The highest BCUT2D eigenvalue weighted by Crippen LogP contribution is 2.40. The minimum Gasteiger partial charge on any atom is -0.383 e. The van der Waals surface area contributed by atoms with Crippen molar-refractivity contribution in [2.45, 2.75) is 6.67 Å². The molecule has 0 fully saturated rings. The maximum absolute atomic E-state index is 6.73. The molecule has 0 bridgehead atoms. The molecule has 0 amide bonds. The quantitative estimate of drug-likeness (QED) is 0.121. The fourth-order valence-corrected chi connectivity index (χ4v) is 8.53. The fourth-order valence-electron chi connectivity index (χ4n) is 8.53. The number of fused-ring (bicyclic) bond motifs is 7. The van der Waals surface area contributed by atoms with Crippen molar-refractivity contribution in [3.05, 3.63) is 181 Å². The number of rotatable bonds is 7. The van der Waals surface area contributed by atoms with Gasteiger partial charge in [0.15, 0.2) is 5.84 Å². The molecule has 2 heterocycles. The van der Waals surface area contributed by atoms with E-state index in [0.29, 0.717) is 28.2 Å². The highest BCUT2D eigenvalue weighted by atomic mass is 15.1. The lowest BCUT2D eigenvalue weighted by molar-refractivity contribution is 0.792.